The van der Waals surface area contributed by atoms with Crippen molar-refractivity contribution in [3.05, 3.63) is 23.2 Å². The maximum atomic E-state index is 11.8. The molecule has 2 nitrogen and oxygen atoms in total. The van der Waals surface area contributed by atoms with E-state index in [0.29, 0.717) is 0 Å². The molecule has 0 amide bonds. The lowest BCUT2D eigenvalue weighted by atomic mass is 10.5. The molecule has 0 N–H and O–H groups in total. The zero-order valence-corrected chi connectivity index (χ0v) is 5.52. The number of alkyl halides is 2. The van der Waals surface area contributed by atoms with Crippen LogP contribution in [0, 0.1) is 0 Å². The van der Waals surface area contributed by atoms with Crippen LogP contribution in [0.3, 0.4) is 0 Å². The molecule has 0 bridgehead atoms. The summed E-state index contributed by atoms with van der Waals surface area (Å²) in [5, 5.41) is -0.0159. The molecule has 0 aliphatic rings. The van der Waals surface area contributed by atoms with Crippen molar-refractivity contribution in [1.29, 1.82) is 0 Å². The first kappa shape index (κ1) is 7.34. The molecule has 0 aliphatic heterocycles. The van der Waals surface area contributed by atoms with Gasteiger partial charge in [-0.15, -0.1) is 0 Å². The average Bonchev–Trinajstić information content (AvgIpc) is 1.88. The molecule has 1 heterocycles. The normalized spacial score (nSPS) is 10.4. The van der Waals surface area contributed by atoms with E-state index in [2.05, 4.69) is 9.97 Å². The summed E-state index contributed by atoms with van der Waals surface area (Å²) in [4.78, 5) is 6.76. The molecule has 0 saturated carbocycles. The van der Waals surface area contributed by atoms with Gasteiger partial charge in [0, 0.05) is 0 Å². The van der Waals surface area contributed by atoms with Gasteiger partial charge in [0.25, 0.3) is 6.43 Å². The van der Waals surface area contributed by atoms with E-state index in [4.69, 9.17) is 11.6 Å². The maximum absolute atomic E-state index is 11.8. The van der Waals surface area contributed by atoms with E-state index in [-0.39, 0.29) is 5.15 Å². The number of halogens is 3. The summed E-state index contributed by atoms with van der Waals surface area (Å²) >= 11 is 5.28. The van der Waals surface area contributed by atoms with Crippen LogP contribution in [0.5, 0.6) is 0 Å². The molecule has 0 atom stereocenters. The second kappa shape index (κ2) is 2.88. The van der Waals surface area contributed by atoms with Crippen LogP contribution >= 0.6 is 11.6 Å². The minimum Gasteiger partial charge on any atom is -0.259 e. The van der Waals surface area contributed by atoms with Gasteiger partial charge in [0.2, 0.25) is 0 Å². The number of hydrogen-bond donors (Lipinski definition) is 0. The van der Waals surface area contributed by atoms with Crippen LogP contribution in [-0.2, 0) is 0 Å². The summed E-state index contributed by atoms with van der Waals surface area (Å²) < 4.78 is 23.6. The van der Waals surface area contributed by atoms with Crippen LogP contribution in [0.15, 0.2) is 12.4 Å². The standard InChI is InChI=1S/C5H3ClF2N2/c6-4-2-9-1-3(10-4)5(7)8/h1-2,5H. The molecular formula is C5H3ClF2N2. The summed E-state index contributed by atoms with van der Waals surface area (Å²) in [6.45, 7) is 0. The zero-order valence-electron chi connectivity index (χ0n) is 4.76. The summed E-state index contributed by atoms with van der Waals surface area (Å²) in [6, 6.07) is 0. The van der Waals surface area contributed by atoms with Gasteiger partial charge in [0.05, 0.1) is 12.4 Å². The largest absolute Gasteiger partial charge is 0.281 e. The van der Waals surface area contributed by atoms with Crippen LogP contribution in [0.1, 0.15) is 12.1 Å². The topological polar surface area (TPSA) is 25.8 Å². The van der Waals surface area contributed by atoms with Crippen molar-refractivity contribution in [2.75, 3.05) is 0 Å². The highest BCUT2D eigenvalue weighted by molar-refractivity contribution is 6.29. The molecule has 0 saturated heterocycles. The Hall–Kier alpha value is -0.770. The van der Waals surface area contributed by atoms with Crippen LogP contribution in [0.2, 0.25) is 5.15 Å². The van der Waals surface area contributed by atoms with Gasteiger partial charge in [-0.25, -0.2) is 13.8 Å². The van der Waals surface area contributed by atoms with Gasteiger partial charge in [-0.05, 0) is 0 Å². The summed E-state index contributed by atoms with van der Waals surface area (Å²) in [6.07, 6.45) is -0.421. The Morgan fingerprint density at radius 1 is 1.40 bits per heavy atom. The fourth-order valence-electron chi connectivity index (χ4n) is 0.461. The molecule has 0 unspecified atom stereocenters. The minimum absolute atomic E-state index is 0.0159. The van der Waals surface area contributed by atoms with Crippen LogP contribution in [0.4, 0.5) is 8.78 Å². The molecule has 0 aromatic carbocycles. The minimum atomic E-state index is -2.61. The molecule has 0 aliphatic carbocycles. The van der Waals surface area contributed by atoms with Crippen molar-refractivity contribution in [2.24, 2.45) is 0 Å². The molecule has 5 heteroatoms. The first-order valence-electron chi connectivity index (χ1n) is 2.46. The molecule has 1 aromatic heterocycles. The van der Waals surface area contributed by atoms with Crippen LogP contribution < -0.4 is 0 Å². The van der Waals surface area contributed by atoms with Gasteiger partial charge in [-0.1, -0.05) is 11.6 Å². The lowest BCUT2D eigenvalue weighted by Gasteiger charge is -1.95. The van der Waals surface area contributed by atoms with Gasteiger partial charge in [-0.3, -0.25) is 4.98 Å². The molecular weight excluding hydrogens is 162 g/mol. The lowest BCUT2D eigenvalue weighted by molar-refractivity contribution is 0.145. The fraction of sp³-hybridized carbons (Fsp3) is 0.200. The molecule has 10 heavy (non-hydrogen) atoms. The van der Waals surface area contributed by atoms with Crippen molar-refractivity contribution < 1.29 is 8.78 Å². The van der Waals surface area contributed by atoms with E-state index < -0.39 is 12.1 Å². The molecule has 0 spiro atoms. The Morgan fingerprint density at radius 2 is 2.10 bits per heavy atom. The number of rotatable bonds is 1. The van der Waals surface area contributed by atoms with Crippen molar-refractivity contribution in [3.8, 4) is 0 Å². The van der Waals surface area contributed by atoms with Gasteiger partial charge in [-0.2, -0.15) is 0 Å². The molecule has 1 aromatic rings. The maximum Gasteiger partial charge on any atom is 0.281 e. The van der Waals surface area contributed by atoms with E-state index in [1.807, 2.05) is 0 Å². The van der Waals surface area contributed by atoms with Crippen molar-refractivity contribution in [1.82, 2.24) is 9.97 Å². The highest BCUT2D eigenvalue weighted by atomic mass is 35.5. The fourth-order valence-corrected chi connectivity index (χ4v) is 0.615. The third kappa shape index (κ3) is 1.60. The first-order valence-corrected chi connectivity index (χ1v) is 2.83. The van der Waals surface area contributed by atoms with E-state index >= 15 is 0 Å². The summed E-state index contributed by atoms with van der Waals surface area (Å²) in [7, 11) is 0. The predicted molar refractivity (Wildman–Crippen MR) is 32.0 cm³/mol. The Balaban J connectivity index is 2.96. The van der Waals surface area contributed by atoms with Crippen molar-refractivity contribution in [2.45, 2.75) is 6.43 Å². The van der Waals surface area contributed by atoms with Gasteiger partial charge in [0.15, 0.2) is 0 Å². The van der Waals surface area contributed by atoms with E-state index in [1.165, 1.54) is 6.20 Å². The van der Waals surface area contributed by atoms with Crippen molar-refractivity contribution >= 4 is 11.6 Å². The molecule has 0 fully saturated rings. The third-order valence-corrected chi connectivity index (χ3v) is 1.03. The number of nitrogens with zero attached hydrogens (tertiary/aromatic N) is 2. The smallest absolute Gasteiger partial charge is 0.259 e. The highest BCUT2D eigenvalue weighted by Gasteiger charge is 2.08. The monoisotopic (exact) mass is 164 g/mol. The molecule has 0 radical (unpaired) electrons. The predicted octanol–water partition coefficient (Wildman–Crippen LogP) is 2.07. The number of aromatic nitrogens is 2. The quantitative estimate of drug-likeness (QED) is 0.635. The lowest BCUT2D eigenvalue weighted by Crippen LogP contribution is -1.90. The van der Waals surface area contributed by atoms with Gasteiger partial charge >= 0.3 is 0 Å². The van der Waals surface area contributed by atoms with Crippen molar-refractivity contribution in [3.63, 3.8) is 0 Å². The zero-order chi connectivity index (χ0) is 7.56. The highest BCUT2D eigenvalue weighted by Crippen LogP contribution is 2.15. The van der Waals surface area contributed by atoms with E-state index in [9.17, 15) is 8.78 Å². The first-order chi connectivity index (χ1) is 4.70. The summed E-state index contributed by atoms with van der Waals surface area (Å²) in [5.74, 6) is 0. The Bertz CT molecular complexity index is 229. The second-order valence-electron chi connectivity index (χ2n) is 1.57. The van der Waals surface area contributed by atoms with E-state index in [0.717, 1.165) is 6.20 Å². The third-order valence-electron chi connectivity index (χ3n) is 0.847. The van der Waals surface area contributed by atoms with Gasteiger partial charge < -0.3 is 0 Å². The second-order valence-corrected chi connectivity index (χ2v) is 1.95. The molecule has 54 valence electrons. The van der Waals surface area contributed by atoms with Crippen LogP contribution in [0.25, 0.3) is 0 Å². The molecule has 1 rings (SSSR count). The van der Waals surface area contributed by atoms with Gasteiger partial charge in [0.1, 0.15) is 10.8 Å². The SMILES string of the molecule is FC(F)c1cncc(Cl)n1. The Labute approximate surface area is 60.9 Å². The summed E-state index contributed by atoms with van der Waals surface area (Å²) in [5.41, 5.74) is -0.396. The van der Waals surface area contributed by atoms with E-state index in [1.54, 1.807) is 0 Å². The Morgan fingerprint density at radius 3 is 2.50 bits per heavy atom. The van der Waals surface area contributed by atoms with Crippen LogP contribution in [-0.4, -0.2) is 9.97 Å². The Kier molecular flexibility index (Phi) is 2.11. The number of hydrogen-bond acceptors (Lipinski definition) is 2. The average molecular weight is 165 g/mol.